The lowest BCUT2D eigenvalue weighted by molar-refractivity contribution is 0.00268. The van der Waals surface area contributed by atoms with E-state index in [1.54, 1.807) is 0 Å². The molecule has 0 aromatic rings. The van der Waals surface area contributed by atoms with Crippen LogP contribution < -0.4 is 0 Å². The van der Waals surface area contributed by atoms with Gasteiger partial charge in [0.2, 0.25) is 0 Å². The second-order valence-electron chi connectivity index (χ2n) is 5.01. The Hall–Kier alpha value is -0.0551. The second kappa shape index (κ2) is 11.7. The minimum atomic E-state index is -0.514. The van der Waals surface area contributed by atoms with Gasteiger partial charge in [-0.2, -0.15) is 0 Å². The van der Waals surface area contributed by atoms with Crippen molar-refractivity contribution >= 4 is 7.32 Å². The van der Waals surface area contributed by atoms with Crippen molar-refractivity contribution in [3.05, 3.63) is 0 Å². The average Bonchev–Trinajstić information content (AvgIpc) is 2.46. The predicted octanol–water partition coefficient (Wildman–Crippen LogP) is 4.59. The standard InChI is InChI=1S/C15H33BO3/c1-7-13(8-2)17-16(18-14(9-3)10-4)19-15(11-5)12-6/h13-15H,7-12H2,1-6H3. The van der Waals surface area contributed by atoms with Crippen molar-refractivity contribution in [1.29, 1.82) is 0 Å². The lowest BCUT2D eigenvalue weighted by atomic mass is 10.1. The molecule has 0 unspecified atom stereocenters. The summed E-state index contributed by atoms with van der Waals surface area (Å²) in [5, 5.41) is 0. The Labute approximate surface area is 120 Å². The van der Waals surface area contributed by atoms with E-state index in [9.17, 15) is 0 Å². The SMILES string of the molecule is CCC(CC)OB(OC(CC)CC)OC(CC)CC. The van der Waals surface area contributed by atoms with Crippen LogP contribution in [-0.4, -0.2) is 25.6 Å². The first-order chi connectivity index (χ1) is 9.14. The van der Waals surface area contributed by atoms with E-state index in [1.165, 1.54) is 0 Å². The molecule has 0 heterocycles. The van der Waals surface area contributed by atoms with Crippen LogP contribution in [0.1, 0.15) is 80.1 Å². The molecule has 4 heteroatoms. The maximum Gasteiger partial charge on any atom is 0.640 e. The van der Waals surface area contributed by atoms with Crippen LogP contribution in [0.2, 0.25) is 0 Å². The zero-order valence-electron chi connectivity index (χ0n) is 13.8. The number of hydrogen-bond acceptors (Lipinski definition) is 3. The highest BCUT2D eigenvalue weighted by atomic mass is 16.7. The molecule has 0 spiro atoms. The molecule has 0 aromatic carbocycles. The van der Waals surface area contributed by atoms with E-state index >= 15 is 0 Å². The second-order valence-corrected chi connectivity index (χ2v) is 5.01. The molecule has 0 saturated heterocycles. The summed E-state index contributed by atoms with van der Waals surface area (Å²) in [6, 6.07) is 0. The Balaban J connectivity index is 4.51. The van der Waals surface area contributed by atoms with Crippen LogP contribution in [0.3, 0.4) is 0 Å². The minimum Gasteiger partial charge on any atom is -0.383 e. The van der Waals surface area contributed by atoms with Gasteiger partial charge in [0.15, 0.2) is 0 Å². The summed E-state index contributed by atoms with van der Waals surface area (Å²) in [5.74, 6) is 0. The molecule has 0 aliphatic rings. The summed E-state index contributed by atoms with van der Waals surface area (Å²) in [5.41, 5.74) is 0. The third-order valence-corrected chi connectivity index (χ3v) is 3.64. The van der Waals surface area contributed by atoms with E-state index in [-0.39, 0.29) is 18.3 Å². The Morgan fingerprint density at radius 1 is 0.526 bits per heavy atom. The van der Waals surface area contributed by atoms with Gasteiger partial charge in [0.1, 0.15) is 0 Å². The predicted molar refractivity (Wildman–Crippen MR) is 82.1 cm³/mol. The van der Waals surface area contributed by atoms with E-state index in [1.807, 2.05) is 0 Å². The maximum absolute atomic E-state index is 5.97. The molecule has 0 aromatic heterocycles. The van der Waals surface area contributed by atoms with Crippen molar-refractivity contribution in [2.75, 3.05) is 0 Å². The lowest BCUT2D eigenvalue weighted by Gasteiger charge is -2.26. The molecule has 0 aliphatic carbocycles. The first-order valence-corrected chi connectivity index (χ1v) is 8.11. The van der Waals surface area contributed by atoms with Gasteiger partial charge in [0, 0.05) is 18.3 Å². The first-order valence-electron chi connectivity index (χ1n) is 8.11. The Morgan fingerprint density at radius 2 is 0.737 bits per heavy atom. The molecule has 0 fully saturated rings. The monoisotopic (exact) mass is 272 g/mol. The highest BCUT2D eigenvalue weighted by molar-refractivity contribution is 6.36. The largest absolute Gasteiger partial charge is 0.640 e. The lowest BCUT2D eigenvalue weighted by Crippen LogP contribution is -2.38. The van der Waals surface area contributed by atoms with Crippen LogP contribution in [0.5, 0.6) is 0 Å². The Bertz CT molecular complexity index is 157. The summed E-state index contributed by atoms with van der Waals surface area (Å²) < 4.78 is 17.9. The fourth-order valence-corrected chi connectivity index (χ4v) is 2.01. The molecule has 114 valence electrons. The van der Waals surface area contributed by atoms with Crippen molar-refractivity contribution in [1.82, 2.24) is 0 Å². The molecular formula is C15H33BO3. The molecule has 0 N–H and O–H groups in total. The summed E-state index contributed by atoms with van der Waals surface area (Å²) in [7, 11) is -0.514. The van der Waals surface area contributed by atoms with Crippen molar-refractivity contribution in [2.24, 2.45) is 0 Å². The average molecular weight is 272 g/mol. The Kier molecular flexibility index (Phi) is 11.7. The van der Waals surface area contributed by atoms with Crippen molar-refractivity contribution in [3.8, 4) is 0 Å². The van der Waals surface area contributed by atoms with Gasteiger partial charge in [-0.15, -0.1) is 0 Å². The van der Waals surface area contributed by atoms with Gasteiger partial charge in [-0.05, 0) is 38.5 Å². The Morgan fingerprint density at radius 3 is 0.895 bits per heavy atom. The molecule has 0 atom stereocenters. The maximum atomic E-state index is 5.97. The third kappa shape index (κ3) is 7.96. The van der Waals surface area contributed by atoms with E-state index in [4.69, 9.17) is 14.0 Å². The molecule has 0 bridgehead atoms. The van der Waals surface area contributed by atoms with Crippen LogP contribution in [-0.2, 0) is 14.0 Å². The fraction of sp³-hybridized carbons (Fsp3) is 1.00. The highest BCUT2D eigenvalue weighted by Crippen LogP contribution is 2.15. The van der Waals surface area contributed by atoms with Gasteiger partial charge in [0.25, 0.3) is 0 Å². The van der Waals surface area contributed by atoms with Gasteiger partial charge in [0.05, 0.1) is 0 Å². The first kappa shape index (κ1) is 18.9. The molecule has 0 radical (unpaired) electrons. The summed E-state index contributed by atoms with van der Waals surface area (Å²) >= 11 is 0. The van der Waals surface area contributed by atoms with Crippen LogP contribution >= 0.6 is 0 Å². The third-order valence-electron chi connectivity index (χ3n) is 3.64. The van der Waals surface area contributed by atoms with Crippen molar-refractivity contribution < 1.29 is 14.0 Å². The number of hydrogen-bond donors (Lipinski definition) is 0. The minimum absolute atomic E-state index is 0.216. The molecule has 0 rings (SSSR count). The normalized spacial score (nSPS) is 11.8. The van der Waals surface area contributed by atoms with Gasteiger partial charge >= 0.3 is 7.32 Å². The van der Waals surface area contributed by atoms with Gasteiger partial charge in [-0.1, -0.05) is 41.5 Å². The molecule has 0 saturated carbocycles. The zero-order valence-corrected chi connectivity index (χ0v) is 13.8. The summed E-state index contributed by atoms with van der Waals surface area (Å²) in [6.07, 6.45) is 6.60. The van der Waals surface area contributed by atoms with Crippen molar-refractivity contribution in [2.45, 2.75) is 98.4 Å². The van der Waals surface area contributed by atoms with Gasteiger partial charge in [-0.25, -0.2) is 0 Å². The van der Waals surface area contributed by atoms with Crippen LogP contribution in [0, 0.1) is 0 Å². The van der Waals surface area contributed by atoms with Crippen LogP contribution in [0.4, 0.5) is 0 Å². The smallest absolute Gasteiger partial charge is 0.383 e. The molecule has 0 aliphatic heterocycles. The van der Waals surface area contributed by atoms with Gasteiger partial charge in [-0.3, -0.25) is 0 Å². The topological polar surface area (TPSA) is 27.7 Å². The van der Waals surface area contributed by atoms with Crippen molar-refractivity contribution in [3.63, 3.8) is 0 Å². The molecule has 3 nitrogen and oxygen atoms in total. The molecule has 0 amide bonds. The van der Waals surface area contributed by atoms with Crippen LogP contribution in [0.25, 0.3) is 0 Å². The zero-order chi connectivity index (χ0) is 14.7. The highest BCUT2D eigenvalue weighted by Gasteiger charge is 2.29. The van der Waals surface area contributed by atoms with E-state index in [2.05, 4.69) is 41.5 Å². The number of rotatable bonds is 12. The quantitative estimate of drug-likeness (QED) is 0.486. The van der Waals surface area contributed by atoms with E-state index < -0.39 is 7.32 Å². The molecular weight excluding hydrogens is 239 g/mol. The fourth-order valence-electron chi connectivity index (χ4n) is 2.01. The molecule has 19 heavy (non-hydrogen) atoms. The van der Waals surface area contributed by atoms with Gasteiger partial charge < -0.3 is 14.0 Å². The van der Waals surface area contributed by atoms with Crippen LogP contribution in [0.15, 0.2) is 0 Å². The van der Waals surface area contributed by atoms with E-state index in [0.29, 0.717) is 0 Å². The summed E-state index contributed by atoms with van der Waals surface area (Å²) in [4.78, 5) is 0. The summed E-state index contributed by atoms with van der Waals surface area (Å²) in [6.45, 7) is 12.8. The van der Waals surface area contributed by atoms with E-state index in [0.717, 1.165) is 38.5 Å².